The topological polar surface area (TPSA) is 48.7 Å². The predicted molar refractivity (Wildman–Crippen MR) is 78.2 cm³/mol. The van der Waals surface area contributed by atoms with Crippen molar-refractivity contribution < 1.29 is 9.31 Å². The number of nitrogens with zero attached hydrogens (tertiary/aromatic N) is 3. The van der Waals surface area contributed by atoms with Gasteiger partial charge in [-0.2, -0.15) is 0 Å². The van der Waals surface area contributed by atoms with Gasteiger partial charge in [-0.15, -0.1) is 10.2 Å². The van der Waals surface area contributed by atoms with Crippen molar-refractivity contribution in [1.82, 2.24) is 14.6 Å². The minimum absolute atomic E-state index is 0.331. The lowest BCUT2D eigenvalue weighted by atomic mass is 9.79. The predicted octanol–water partition coefficient (Wildman–Crippen LogP) is 1.65. The highest BCUT2D eigenvalue weighted by molar-refractivity contribution is 6.62. The minimum atomic E-state index is -0.357. The highest BCUT2D eigenvalue weighted by atomic mass is 16.7. The Labute approximate surface area is 119 Å². The second-order valence-electron chi connectivity index (χ2n) is 6.49. The lowest BCUT2D eigenvalue weighted by molar-refractivity contribution is 0.00578. The molecule has 106 valence electrons. The second-order valence-corrected chi connectivity index (χ2v) is 6.49. The maximum Gasteiger partial charge on any atom is 0.496 e. The van der Waals surface area contributed by atoms with Gasteiger partial charge >= 0.3 is 7.12 Å². The summed E-state index contributed by atoms with van der Waals surface area (Å²) in [5.74, 6) is 0.862. The molecule has 1 aliphatic heterocycles. The van der Waals surface area contributed by atoms with E-state index in [1.54, 1.807) is 0 Å². The van der Waals surface area contributed by atoms with E-state index in [1.165, 1.54) is 0 Å². The van der Waals surface area contributed by atoms with E-state index >= 15 is 0 Å². The van der Waals surface area contributed by atoms with Gasteiger partial charge < -0.3 is 9.31 Å². The Kier molecular flexibility index (Phi) is 2.75. The first kappa shape index (κ1) is 13.6. The molecule has 0 atom stereocenters. The van der Waals surface area contributed by atoms with Crippen molar-refractivity contribution in [2.24, 2.45) is 0 Å². The van der Waals surface area contributed by atoms with E-state index < -0.39 is 0 Å². The van der Waals surface area contributed by atoms with Crippen molar-refractivity contribution in [3.63, 3.8) is 0 Å². The Morgan fingerprint density at radius 2 is 1.65 bits per heavy atom. The molecule has 5 nitrogen and oxygen atoms in total. The first-order chi connectivity index (χ1) is 9.21. The maximum absolute atomic E-state index is 6.09. The van der Waals surface area contributed by atoms with Crippen LogP contribution in [0.5, 0.6) is 0 Å². The van der Waals surface area contributed by atoms with Crippen LogP contribution in [0.25, 0.3) is 5.65 Å². The van der Waals surface area contributed by atoms with Crippen molar-refractivity contribution in [2.45, 2.75) is 52.7 Å². The smallest absolute Gasteiger partial charge is 0.399 e. The van der Waals surface area contributed by atoms with Crippen LogP contribution < -0.4 is 5.46 Å². The van der Waals surface area contributed by atoms with Crippen molar-refractivity contribution in [2.75, 3.05) is 0 Å². The summed E-state index contributed by atoms with van der Waals surface area (Å²) >= 11 is 0. The average Bonchev–Trinajstić information content (AvgIpc) is 2.79. The summed E-state index contributed by atoms with van der Waals surface area (Å²) in [6.07, 6.45) is 2.00. The molecule has 6 heteroatoms. The number of aromatic nitrogens is 3. The van der Waals surface area contributed by atoms with E-state index in [0.717, 1.165) is 22.5 Å². The molecule has 3 rings (SSSR count). The lowest BCUT2D eigenvalue weighted by Gasteiger charge is -2.32. The number of fused-ring (bicyclic) bond motifs is 1. The van der Waals surface area contributed by atoms with Crippen LogP contribution in [0, 0.1) is 13.8 Å². The normalized spacial score (nSPS) is 20.8. The maximum atomic E-state index is 6.09. The van der Waals surface area contributed by atoms with Gasteiger partial charge in [-0.25, -0.2) is 0 Å². The molecule has 1 aliphatic rings. The molecule has 1 fully saturated rings. The molecular weight excluding hydrogens is 253 g/mol. The molecule has 0 amide bonds. The lowest BCUT2D eigenvalue weighted by Crippen LogP contribution is -2.41. The number of rotatable bonds is 1. The van der Waals surface area contributed by atoms with Crippen LogP contribution in [-0.2, 0) is 9.31 Å². The molecule has 0 unspecified atom stereocenters. The van der Waals surface area contributed by atoms with Crippen LogP contribution in [0.2, 0.25) is 0 Å². The van der Waals surface area contributed by atoms with Crippen molar-refractivity contribution in [3.8, 4) is 0 Å². The molecule has 0 N–H and O–H groups in total. The zero-order chi connectivity index (χ0) is 14.7. The molecule has 2 aromatic rings. The first-order valence-electron chi connectivity index (χ1n) is 6.89. The monoisotopic (exact) mass is 273 g/mol. The Balaban J connectivity index is 2.06. The van der Waals surface area contributed by atoms with Crippen LogP contribution in [0.3, 0.4) is 0 Å². The summed E-state index contributed by atoms with van der Waals surface area (Å²) < 4.78 is 14.2. The first-order valence-corrected chi connectivity index (χ1v) is 6.89. The van der Waals surface area contributed by atoms with E-state index in [1.807, 2.05) is 24.4 Å². The standard InChI is InChI=1S/C14H20BN3O2/c1-9-7-11(8-18-10(2)16-17-12(9)18)15-19-13(3,4)14(5,6)20-15/h7-8H,1-6H3. The zero-order valence-electron chi connectivity index (χ0n) is 12.9. The van der Waals surface area contributed by atoms with E-state index in [4.69, 9.17) is 9.31 Å². The van der Waals surface area contributed by atoms with Gasteiger partial charge in [-0.1, -0.05) is 6.07 Å². The van der Waals surface area contributed by atoms with Gasteiger partial charge in [0.05, 0.1) is 11.2 Å². The molecule has 0 saturated carbocycles. The molecule has 0 spiro atoms. The van der Waals surface area contributed by atoms with Crippen LogP contribution in [0.15, 0.2) is 12.3 Å². The van der Waals surface area contributed by atoms with Crippen LogP contribution in [0.4, 0.5) is 0 Å². The Hall–Kier alpha value is -1.40. The molecule has 0 bridgehead atoms. The summed E-state index contributed by atoms with van der Waals surface area (Å²) in [6.45, 7) is 12.2. The Morgan fingerprint density at radius 3 is 2.25 bits per heavy atom. The Bertz CT molecular complexity index is 662. The molecule has 0 aromatic carbocycles. The average molecular weight is 273 g/mol. The second kappa shape index (κ2) is 4.05. The highest BCUT2D eigenvalue weighted by Gasteiger charge is 2.51. The van der Waals surface area contributed by atoms with Gasteiger partial charge in [0.15, 0.2) is 5.65 Å². The minimum Gasteiger partial charge on any atom is -0.399 e. The van der Waals surface area contributed by atoms with Gasteiger partial charge in [0.25, 0.3) is 0 Å². The fourth-order valence-corrected chi connectivity index (χ4v) is 2.40. The summed E-state index contributed by atoms with van der Waals surface area (Å²) in [5, 5.41) is 8.29. The van der Waals surface area contributed by atoms with Crippen LogP contribution in [-0.4, -0.2) is 32.9 Å². The highest BCUT2D eigenvalue weighted by Crippen LogP contribution is 2.36. The zero-order valence-corrected chi connectivity index (χ0v) is 12.9. The van der Waals surface area contributed by atoms with Crippen molar-refractivity contribution in [1.29, 1.82) is 0 Å². The largest absolute Gasteiger partial charge is 0.496 e. The fraction of sp³-hybridized carbons (Fsp3) is 0.571. The van der Waals surface area contributed by atoms with Gasteiger partial charge in [0, 0.05) is 6.20 Å². The molecule has 0 aliphatic carbocycles. The van der Waals surface area contributed by atoms with Gasteiger partial charge in [0.1, 0.15) is 5.82 Å². The quantitative estimate of drug-likeness (QED) is 0.741. The van der Waals surface area contributed by atoms with E-state index in [0.29, 0.717) is 0 Å². The van der Waals surface area contributed by atoms with E-state index in [9.17, 15) is 0 Å². The molecule has 1 saturated heterocycles. The third kappa shape index (κ3) is 1.86. The van der Waals surface area contributed by atoms with Crippen LogP contribution in [0.1, 0.15) is 39.1 Å². The number of hydrogen-bond donors (Lipinski definition) is 0. The van der Waals surface area contributed by atoms with Crippen molar-refractivity contribution in [3.05, 3.63) is 23.7 Å². The number of hydrogen-bond acceptors (Lipinski definition) is 4. The molecule has 20 heavy (non-hydrogen) atoms. The molecule has 3 heterocycles. The summed E-state index contributed by atoms with van der Waals surface area (Å²) in [5.41, 5.74) is 2.28. The Morgan fingerprint density at radius 1 is 1.05 bits per heavy atom. The molecular formula is C14H20BN3O2. The third-order valence-corrected chi connectivity index (χ3v) is 4.41. The SMILES string of the molecule is Cc1cc(B2OC(C)(C)C(C)(C)O2)cn2c(C)nnc12. The summed E-state index contributed by atoms with van der Waals surface area (Å²) in [4.78, 5) is 0. The van der Waals surface area contributed by atoms with Gasteiger partial charge in [0.2, 0.25) is 0 Å². The molecule has 0 radical (unpaired) electrons. The van der Waals surface area contributed by atoms with Crippen molar-refractivity contribution >= 4 is 18.2 Å². The fourth-order valence-electron chi connectivity index (χ4n) is 2.40. The number of pyridine rings is 1. The van der Waals surface area contributed by atoms with Gasteiger partial charge in [-0.05, 0) is 52.6 Å². The van der Waals surface area contributed by atoms with Gasteiger partial charge in [-0.3, -0.25) is 4.40 Å². The van der Waals surface area contributed by atoms with Crippen LogP contribution >= 0.6 is 0 Å². The summed E-state index contributed by atoms with van der Waals surface area (Å²) in [7, 11) is -0.357. The van der Waals surface area contributed by atoms with E-state index in [-0.39, 0.29) is 18.3 Å². The summed E-state index contributed by atoms with van der Waals surface area (Å²) in [6, 6.07) is 2.06. The molecule has 2 aromatic heterocycles. The third-order valence-electron chi connectivity index (χ3n) is 4.41. The van der Waals surface area contributed by atoms with E-state index in [2.05, 4.69) is 44.0 Å². The number of aryl methyl sites for hydroxylation is 2.